The molecule has 6 aliphatic rings. The second-order valence-electron chi connectivity index (χ2n) is 9.98. The van der Waals surface area contributed by atoms with Gasteiger partial charge in [-0.05, 0) is 90.7 Å². The van der Waals surface area contributed by atoms with Crippen molar-refractivity contribution in [2.75, 3.05) is 6.79 Å². The molecule has 8 atom stereocenters. The van der Waals surface area contributed by atoms with Gasteiger partial charge < -0.3 is 14.6 Å². The van der Waals surface area contributed by atoms with Gasteiger partial charge >= 0.3 is 5.97 Å². The lowest BCUT2D eigenvalue weighted by Crippen LogP contribution is -2.55. The Labute approximate surface area is 178 Å². The number of rotatable bonds is 8. The molecule has 0 unspecified atom stereocenters. The van der Waals surface area contributed by atoms with Gasteiger partial charge in [0.05, 0.1) is 0 Å². The standard InChI is InChI=1S/C26H30O4/c27-24(28)11-9-16-18-7-8-19-20(16)13-21-17(25(18)26(19)21)5-3-1-2-4-15-6-10-22-23(12-15)30-14-29-22/h6-12,16-21,25-26H,1-5,13-14H2,(H,27,28)/b11-9+/t16-,17-,18-,19+,20-,21-,25+,26-/m0/s1. The van der Waals surface area contributed by atoms with Crippen LogP contribution in [0.15, 0.2) is 42.5 Å². The third-order valence-corrected chi connectivity index (χ3v) is 8.81. The van der Waals surface area contributed by atoms with E-state index in [4.69, 9.17) is 14.6 Å². The van der Waals surface area contributed by atoms with Crippen LogP contribution < -0.4 is 9.47 Å². The summed E-state index contributed by atoms with van der Waals surface area (Å²) in [6.45, 7) is 0.342. The predicted octanol–water partition coefficient (Wildman–Crippen LogP) is 5.09. The van der Waals surface area contributed by atoms with Crippen molar-refractivity contribution in [2.24, 2.45) is 47.3 Å². The molecule has 158 valence electrons. The Kier molecular flexibility index (Phi) is 4.43. The van der Waals surface area contributed by atoms with Gasteiger partial charge in [-0.3, -0.25) is 0 Å². The van der Waals surface area contributed by atoms with E-state index in [9.17, 15) is 4.79 Å². The average molecular weight is 407 g/mol. The number of carboxylic acid groups (broad SMARTS) is 1. The van der Waals surface area contributed by atoms with Crippen LogP contribution in [0.4, 0.5) is 0 Å². The Hall–Kier alpha value is -2.23. The van der Waals surface area contributed by atoms with Crippen molar-refractivity contribution < 1.29 is 19.4 Å². The summed E-state index contributed by atoms with van der Waals surface area (Å²) < 4.78 is 10.9. The van der Waals surface area contributed by atoms with E-state index >= 15 is 0 Å². The van der Waals surface area contributed by atoms with E-state index in [0.717, 1.165) is 47.5 Å². The molecule has 0 amide bonds. The van der Waals surface area contributed by atoms with Crippen LogP contribution in [-0.2, 0) is 11.2 Å². The number of fused-ring (bicyclic) bond motifs is 1. The van der Waals surface area contributed by atoms with Crippen LogP contribution in [0.1, 0.15) is 37.7 Å². The van der Waals surface area contributed by atoms with Crippen LogP contribution >= 0.6 is 0 Å². The normalized spacial score (nSPS) is 38.9. The van der Waals surface area contributed by atoms with Crippen LogP contribution in [0.25, 0.3) is 0 Å². The molecule has 3 saturated carbocycles. The van der Waals surface area contributed by atoms with Gasteiger partial charge in [-0.2, -0.15) is 0 Å². The maximum absolute atomic E-state index is 11.1. The number of hydrogen-bond donors (Lipinski definition) is 1. The number of aliphatic carboxylic acids is 1. The van der Waals surface area contributed by atoms with Crippen LogP contribution in [0.2, 0.25) is 0 Å². The molecule has 4 bridgehead atoms. The Balaban J connectivity index is 1.03. The summed E-state index contributed by atoms with van der Waals surface area (Å²) in [6.07, 6.45) is 15.9. The summed E-state index contributed by atoms with van der Waals surface area (Å²) in [6, 6.07) is 6.32. The van der Waals surface area contributed by atoms with E-state index < -0.39 is 5.97 Å². The summed E-state index contributed by atoms with van der Waals surface area (Å²) >= 11 is 0. The first kappa shape index (κ1) is 18.5. The van der Waals surface area contributed by atoms with Gasteiger partial charge in [0.2, 0.25) is 6.79 Å². The molecular formula is C26H30O4. The minimum absolute atomic E-state index is 0.342. The minimum atomic E-state index is -0.804. The SMILES string of the molecule is O=C(O)/C=C/[C@H]1[C@@H]2C=C[C@@H]3[C@H]1C[C@H]1[C@H](CCCCCc4ccc5c(c4)OCO5)[C@H]2[C@@H]31. The van der Waals surface area contributed by atoms with Gasteiger partial charge in [-0.15, -0.1) is 0 Å². The number of carboxylic acids is 1. The fourth-order valence-electron chi connectivity index (χ4n) is 7.76. The van der Waals surface area contributed by atoms with Crippen LogP contribution in [-0.4, -0.2) is 17.9 Å². The lowest BCUT2D eigenvalue weighted by Gasteiger charge is -2.59. The average Bonchev–Trinajstić information content (AvgIpc) is 3.28. The monoisotopic (exact) mass is 406 g/mol. The van der Waals surface area contributed by atoms with Crippen molar-refractivity contribution in [1.29, 1.82) is 0 Å². The molecule has 0 radical (unpaired) electrons. The molecule has 1 aliphatic heterocycles. The van der Waals surface area contributed by atoms with Gasteiger partial charge in [0, 0.05) is 6.08 Å². The van der Waals surface area contributed by atoms with Gasteiger partial charge in [0.1, 0.15) is 0 Å². The Morgan fingerprint density at radius 2 is 1.90 bits per heavy atom. The van der Waals surface area contributed by atoms with Crippen LogP contribution in [0.5, 0.6) is 11.5 Å². The van der Waals surface area contributed by atoms with E-state index in [0.29, 0.717) is 24.5 Å². The molecular weight excluding hydrogens is 376 g/mol. The second-order valence-corrected chi connectivity index (χ2v) is 9.98. The molecule has 3 fully saturated rings. The molecule has 0 aromatic heterocycles. The molecule has 1 aromatic carbocycles. The highest BCUT2D eigenvalue weighted by atomic mass is 16.7. The number of ether oxygens (including phenoxy) is 2. The Morgan fingerprint density at radius 3 is 2.80 bits per heavy atom. The zero-order valence-electron chi connectivity index (χ0n) is 17.3. The first-order chi connectivity index (χ1) is 14.7. The van der Waals surface area contributed by atoms with Gasteiger partial charge in [-0.1, -0.05) is 37.1 Å². The second kappa shape index (κ2) is 7.18. The van der Waals surface area contributed by atoms with Crippen molar-refractivity contribution in [3.8, 4) is 11.5 Å². The summed E-state index contributed by atoms with van der Waals surface area (Å²) in [4.78, 5) is 11.1. The maximum Gasteiger partial charge on any atom is 0.327 e. The summed E-state index contributed by atoms with van der Waals surface area (Å²) in [5.41, 5.74) is 1.34. The topological polar surface area (TPSA) is 55.8 Å². The minimum Gasteiger partial charge on any atom is -0.478 e. The maximum atomic E-state index is 11.1. The van der Waals surface area contributed by atoms with Crippen molar-refractivity contribution >= 4 is 5.97 Å². The number of unbranched alkanes of at least 4 members (excludes halogenated alkanes) is 2. The fourth-order valence-corrected chi connectivity index (χ4v) is 7.76. The van der Waals surface area contributed by atoms with Gasteiger partial charge in [0.25, 0.3) is 0 Å². The lowest BCUT2D eigenvalue weighted by atomic mass is 9.45. The van der Waals surface area contributed by atoms with Crippen LogP contribution in [0.3, 0.4) is 0 Å². The largest absolute Gasteiger partial charge is 0.478 e. The first-order valence-corrected chi connectivity index (χ1v) is 11.7. The molecule has 4 nitrogen and oxygen atoms in total. The van der Waals surface area contributed by atoms with E-state index in [-0.39, 0.29) is 0 Å². The third kappa shape index (κ3) is 2.83. The lowest BCUT2D eigenvalue weighted by molar-refractivity contribution is -0.131. The first-order valence-electron chi connectivity index (χ1n) is 11.7. The van der Waals surface area contributed by atoms with Crippen LogP contribution in [0, 0.1) is 47.3 Å². The molecule has 0 saturated heterocycles. The quantitative estimate of drug-likeness (QED) is 0.371. The number of benzene rings is 1. The summed E-state index contributed by atoms with van der Waals surface area (Å²) in [5, 5.41) is 9.09. The van der Waals surface area contributed by atoms with E-state index in [1.807, 2.05) is 12.1 Å². The highest BCUT2D eigenvalue weighted by Gasteiger charge is 2.67. The van der Waals surface area contributed by atoms with Gasteiger partial charge in [0.15, 0.2) is 11.5 Å². The van der Waals surface area contributed by atoms with Crippen molar-refractivity contribution in [2.45, 2.75) is 38.5 Å². The van der Waals surface area contributed by atoms with Crippen molar-refractivity contribution in [3.05, 3.63) is 48.1 Å². The number of carbonyl (C=O) groups is 1. The zero-order chi connectivity index (χ0) is 20.2. The Morgan fingerprint density at radius 1 is 1.03 bits per heavy atom. The van der Waals surface area contributed by atoms with E-state index in [2.05, 4.69) is 24.3 Å². The predicted molar refractivity (Wildman–Crippen MR) is 113 cm³/mol. The van der Waals surface area contributed by atoms with E-state index in [1.54, 1.807) is 0 Å². The number of aryl methyl sites for hydroxylation is 1. The molecule has 1 heterocycles. The molecule has 30 heavy (non-hydrogen) atoms. The zero-order valence-corrected chi connectivity index (χ0v) is 17.3. The fraction of sp³-hybridized carbons (Fsp3) is 0.577. The third-order valence-electron chi connectivity index (χ3n) is 8.81. The Bertz CT molecular complexity index is 902. The molecule has 0 spiro atoms. The highest BCUT2D eigenvalue weighted by molar-refractivity contribution is 5.79. The van der Waals surface area contributed by atoms with E-state index in [1.165, 1.54) is 43.7 Å². The highest BCUT2D eigenvalue weighted by Crippen LogP contribution is 2.72. The van der Waals surface area contributed by atoms with Crippen molar-refractivity contribution in [3.63, 3.8) is 0 Å². The number of allylic oxidation sites excluding steroid dienone is 3. The molecule has 5 aliphatic carbocycles. The molecule has 1 aromatic rings. The summed E-state index contributed by atoms with van der Waals surface area (Å²) in [7, 11) is 0. The summed E-state index contributed by atoms with van der Waals surface area (Å²) in [5.74, 6) is 6.87. The molecule has 1 N–H and O–H groups in total. The molecule has 4 heteroatoms. The van der Waals surface area contributed by atoms with Crippen molar-refractivity contribution in [1.82, 2.24) is 0 Å². The smallest absolute Gasteiger partial charge is 0.327 e. The van der Waals surface area contributed by atoms with Gasteiger partial charge in [-0.25, -0.2) is 4.79 Å². The molecule has 7 rings (SSSR count). The number of hydrogen-bond acceptors (Lipinski definition) is 3.